The van der Waals surface area contributed by atoms with E-state index in [1.807, 2.05) is 0 Å². The molecule has 0 aliphatic rings. The molecule has 2 aromatic rings. The molecule has 8 nitrogen and oxygen atoms in total. The standard InChI is InChI=1S/C16H10O8.4Na/c17-13(18)9-1-7(2-10(5-9)14(19)20)8-3-11(15(21)22)6-12(4-8)16(23)24;;;;/h1-6H,(H,17,18)(H,19,20)(H,21,22)(H,23,24);;;;/q;4*+1/p-4. The summed E-state index contributed by atoms with van der Waals surface area (Å²) in [5, 5.41) is 43.9. The molecule has 2 aromatic carbocycles. The van der Waals surface area contributed by atoms with Gasteiger partial charge in [-0.15, -0.1) is 0 Å². The predicted molar refractivity (Wildman–Crippen MR) is 69.2 cm³/mol. The minimum Gasteiger partial charge on any atom is -0.545 e. The molecule has 0 saturated heterocycles. The Kier molecular flexibility index (Phi) is 16.9. The molecule has 12 heteroatoms. The van der Waals surface area contributed by atoms with E-state index in [-0.39, 0.29) is 129 Å². The maximum absolute atomic E-state index is 11.0. The topological polar surface area (TPSA) is 161 Å². The Labute approximate surface area is 247 Å². The van der Waals surface area contributed by atoms with Gasteiger partial charge in [0.15, 0.2) is 0 Å². The van der Waals surface area contributed by atoms with Crippen molar-refractivity contribution in [1.82, 2.24) is 0 Å². The van der Waals surface area contributed by atoms with Crippen LogP contribution in [-0.2, 0) is 0 Å². The normalized spacial score (nSPS) is 8.71. The van der Waals surface area contributed by atoms with Crippen molar-refractivity contribution in [3.8, 4) is 11.1 Å². The molecule has 0 aliphatic heterocycles. The molecular weight excluding hydrogens is 412 g/mol. The van der Waals surface area contributed by atoms with Crippen molar-refractivity contribution >= 4 is 23.9 Å². The summed E-state index contributed by atoms with van der Waals surface area (Å²) in [6.45, 7) is 0. The third-order valence-corrected chi connectivity index (χ3v) is 3.14. The zero-order chi connectivity index (χ0) is 18.0. The second-order valence-corrected chi connectivity index (χ2v) is 4.75. The first-order valence-electron chi connectivity index (χ1n) is 6.35. The monoisotopic (exact) mass is 418 g/mol. The first-order chi connectivity index (χ1) is 11.2. The molecule has 2 rings (SSSR count). The largest absolute Gasteiger partial charge is 1.00 e. The van der Waals surface area contributed by atoms with Gasteiger partial charge in [-0.25, -0.2) is 0 Å². The summed E-state index contributed by atoms with van der Waals surface area (Å²) < 4.78 is 0. The summed E-state index contributed by atoms with van der Waals surface area (Å²) in [6, 6.07) is 5.64. The van der Waals surface area contributed by atoms with Crippen LogP contribution in [0.25, 0.3) is 11.1 Å². The molecule has 0 bridgehead atoms. The van der Waals surface area contributed by atoms with Gasteiger partial charge >= 0.3 is 118 Å². The molecule has 0 atom stereocenters. The van der Waals surface area contributed by atoms with Crippen LogP contribution in [0.2, 0.25) is 0 Å². The minimum absolute atomic E-state index is 0. The van der Waals surface area contributed by atoms with Gasteiger partial charge < -0.3 is 39.6 Å². The molecule has 0 amide bonds. The smallest absolute Gasteiger partial charge is 0.545 e. The van der Waals surface area contributed by atoms with Crippen LogP contribution < -0.4 is 139 Å². The molecule has 122 valence electrons. The van der Waals surface area contributed by atoms with Crippen LogP contribution in [0.1, 0.15) is 41.4 Å². The quantitative estimate of drug-likeness (QED) is 0.433. The summed E-state index contributed by atoms with van der Waals surface area (Å²) in [7, 11) is 0. The molecule has 0 N–H and O–H groups in total. The van der Waals surface area contributed by atoms with Crippen LogP contribution in [0.3, 0.4) is 0 Å². The number of carbonyl (C=O) groups is 4. The van der Waals surface area contributed by atoms with E-state index >= 15 is 0 Å². The van der Waals surface area contributed by atoms with E-state index in [1.54, 1.807) is 0 Å². The fourth-order valence-corrected chi connectivity index (χ4v) is 2.06. The molecule has 0 fully saturated rings. The Balaban J connectivity index is -0.00000156. The Morgan fingerprint density at radius 2 is 0.607 bits per heavy atom. The van der Waals surface area contributed by atoms with Gasteiger partial charge in [-0.2, -0.15) is 0 Å². The van der Waals surface area contributed by atoms with Crippen LogP contribution in [0, 0.1) is 0 Å². The molecule has 0 aromatic heterocycles. The molecule has 0 heterocycles. The molecule has 0 spiro atoms. The Morgan fingerprint density at radius 1 is 0.429 bits per heavy atom. The van der Waals surface area contributed by atoms with Gasteiger partial charge in [0.05, 0.1) is 23.9 Å². The van der Waals surface area contributed by atoms with Crippen LogP contribution in [0.5, 0.6) is 0 Å². The summed E-state index contributed by atoms with van der Waals surface area (Å²) in [5.41, 5.74) is -2.11. The summed E-state index contributed by atoms with van der Waals surface area (Å²) in [4.78, 5) is 43.9. The molecule has 0 unspecified atom stereocenters. The van der Waals surface area contributed by atoms with Gasteiger partial charge in [0.2, 0.25) is 0 Å². The molecule has 28 heavy (non-hydrogen) atoms. The van der Waals surface area contributed by atoms with Crippen LogP contribution >= 0.6 is 0 Å². The fraction of sp³-hybridized carbons (Fsp3) is 0. The maximum Gasteiger partial charge on any atom is 1.00 e. The molecular formula is C16H6Na4O8. The zero-order valence-electron chi connectivity index (χ0n) is 15.7. The van der Waals surface area contributed by atoms with E-state index < -0.39 is 46.1 Å². The first-order valence-corrected chi connectivity index (χ1v) is 6.35. The van der Waals surface area contributed by atoms with Crippen molar-refractivity contribution in [2.75, 3.05) is 0 Å². The van der Waals surface area contributed by atoms with Crippen molar-refractivity contribution < 1.29 is 158 Å². The maximum atomic E-state index is 11.0. The van der Waals surface area contributed by atoms with Crippen molar-refractivity contribution in [3.05, 3.63) is 58.7 Å². The van der Waals surface area contributed by atoms with E-state index in [9.17, 15) is 39.6 Å². The summed E-state index contributed by atoms with van der Waals surface area (Å²) in [6.07, 6.45) is 0. The van der Waals surface area contributed by atoms with Crippen molar-refractivity contribution in [3.63, 3.8) is 0 Å². The molecule has 0 aliphatic carbocycles. The molecule has 0 radical (unpaired) electrons. The van der Waals surface area contributed by atoms with Gasteiger partial charge in [-0.3, -0.25) is 0 Å². The van der Waals surface area contributed by atoms with E-state index in [0.29, 0.717) is 0 Å². The van der Waals surface area contributed by atoms with E-state index in [4.69, 9.17) is 0 Å². The number of carboxylic acid groups (broad SMARTS) is 4. The number of benzene rings is 2. The van der Waals surface area contributed by atoms with E-state index in [0.717, 1.165) is 36.4 Å². The van der Waals surface area contributed by atoms with Crippen molar-refractivity contribution in [2.45, 2.75) is 0 Å². The molecule has 0 saturated carbocycles. The zero-order valence-corrected chi connectivity index (χ0v) is 23.7. The van der Waals surface area contributed by atoms with Crippen LogP contribution in [0.15, 0.2) is 36.4 Å². The number of hydrogen-bond donors (Lipinski definition) is 0. The van der Waals surface area contributed by atoms with Gasteiger partial charge in [0.1, 0.15) is 0 Å². The van der Waals surface area contributed by atoms with Crippen LogP contribution in [-0.4, -0.2) is 23.9 Å². The Bertz CT molecular complexity index is 760. The fourth-order valence-electron chi connectivity index (χ4n) is 2.06. The van der Waals surface area contributed by atoms with Gasteiger partial charge in [0, 0.05) is 0 Å². The Morgan fingerprint density at radius 3 is 0.750 bits per heavy atom. The van der Waals surface area contributed by atoms with E-state index in [1.165, 1.54) is 0 Å². The number of rotatable bonds is 5. The third-order valence-electron chi connectivity index (χ3n) is 3.14. The summed E-state index contributed by atoms with van der Waals surface area (Å²) >= 11 is 0. The minimum atomic E-state index is -1.67. The number of aromatic carboxylic acids is 4. The van der Waals surface area contributed by atoms with E-state index in [2.05, 4.69) is 0 Å². The van der Waals surface area contributed by atoms with Gasteiger partial charge in [-0.1, -0.05) is 0 Å². The van der Waals surface area contributed by atoms with Crippen LogP contribution in [0.4, 0.5) is 0 Å². The predicted octanol–water partition coefficient (Wildman–Crippen LogP) is -15.2. The average Bonchev–Trinajstić information content (AvgIpc) is 2.53. The van der Waals surface area contributed by atoms with Crippen molar-refractivity contribution in [1.29, 1.82) is 0 Å². The number of hydrogen-bond acceptors (Lipinski definition) is 8. The number of carboxylic acids is 4. The second kappa shape index (κ2) is 14.3. The third kappa shape index (κ3) is 8.59. The first kappa shape index (κ1) is 33.0. The SMILES string of the molecule is O=C([O-])c1cc(C(=O)[O-])cc(-c2cc(C(=O)[O-])cc(C(=O)[O-])c2)c1.[Na+].[Na+].[Na+].[Na+]. The average molecular weight is 418 g/mol. The van der Waals surface area contributed by atoms with Gasteiger partial charge in [0.25, 0.3) is 0 Å². The van der Waals surface area contributed by atoms with Gasteiger partial charge in [-0.05, 0) is 69.8 Å². The second-order valence-electron chi connectivity index (χ2n) is 4.75. The summed E-state index contributed by atoms with van der Waals surface area (Å²) in [5.74, 6) is -6.68. The van der Waals surface area contributed by atoms with Crippen molar-refractivity contribution in [2.24, 2.45) is 0 Å². The number of carbonyl (C=O) groups excluding carboxylic acids is 4. The Hall–Kier alpha value is 0.320.